The van der Waals surface area contributed by atoms with Crippen LogP contribution in [0.2, 0.25) is 0 Å². The third-order valence-electron chi connectivity index (χ3n) is 2.16. The van der Waals surface area contributed by atoms with Gasteiger partial charge in [0.05, 0.1) is 4.47 Å². The zero-order valence-electron chi connectivity index (χ0n) is 8.70. The molecule has 2 heterocycles. The lowest BCUT2D eigenvalue weighted by molar-refractivity contribution is 0.903. The van der Waals surface area contributed by atoms with Crippen LogP contribution >= 0.6 is 28.1 Å². The van der Waals surface area contributed by atoms with Gasteiger partial charge in [0.1, 0.15) is 10.5 Å². The maximum atomic E-state index is 5.15. The van der Waals surface area contributed by atoms with Crippen molar-refractivity contribution in [2.45, 2.75) is 13.3 Å². The lowest BCUT2D eigenvalue weighted by Crippen LogP contribution is -2.01. The number of halogens is 1. The summed E-state index contributed by atoms with van der Waals surface area (Å²) in [6.07, 6.45) is 2.44. The molecule has 0 saturated heterocycles. The van der Waals surface area contributed by atoms with E-state index in [2.05, 4.69) is 30.9 Å². The van der Waals surface area contributed by atoms with E-state index in [1.54, 1.807) is 6.20 Å². The Morgan fingerprint density at radius 1 is 1.44 bits per heavy atom. The van der Waals surface area contributed by atoms with Crippen LogP contribution in [0.5, 0.6) is 0 Å². The summed E-state index contributed by atoms with van der Waals surface area (Å²) in [6, 6.07) is 5.82. The second kappa shape index (κ2) is 4.84. The number of nitrogens with zero attached hydrogens (tertiary/aromatic N) is 2. The van der Waals surface area contributed by atoms with Gasteiger partial charge in [0.15, 0.2) is 0 Å². The van der Waals surface area contributed by atoms with Gasteiger partial charge >= 0.3 is 0 Å². The van der Waals surface area contributed by atoms with E-state index in [4.69, 9.17) is 12.2 Å². The average molecular weight is 296 g/mol. The monoisotopic (exact) mass is 295 g/mol. The lowest BCUT2D eigenvalue weighted by Gasteiger charge is -2.04. The van der Waals surface area contributed by atoms with E-state index in [0.717, 1.165) is 21.7 Å². The minimum Gasteiger partial charge on any atom is -0.346 e. The van der Waals surface area contributed by atoms with E-state index in [1.807, 2.05) is 25.1 Å². The molecule has 2 aromatic heterocycles. The fourth-order valence-electron chi connectivity index (χ4n) is 1.39. The fourth-order valence-corrected chi connectivity index (χ4v) is 1.84. The molecule has 2 rings (SSSR count). The summed E-state index contributed by atoms with van der Waals surface area (Å²) < 4.78 is 1.44. The molecular formula is C11H10BrN3S. The molecule has 0 saturated carbocycles. The molecule has 16 heavy (non-hydrogen) atoms. The van der Waals surface area contributed by atoms with Gasteiger partial charge < -0.3 is 4.98 Å². The molecular weight excluding hydrogens is 286 g/mol. The first-order valence-electron chi connectivity index (χ1n) is 4.82. The average Bonchev–Trinajstić information content (AvgIpc) is 2.27. The van der Waals surface area contributed by atoms with E-state index in [9.17, 15) is 0 Å². The van der Waals surface area contributed by atoms with Crippen molar-refractivity contribution in [2.75, 3.05) is 0 Å². The van der Waals surface area contributed by atoms with E-state index in [1.165, 1.54) is 0 Å². The lowest BCUT2D eigenvalue weighted by atomic mass is 10.2. The topological polar surface area (TPSA) is 41.6 Å². The van der Waals surface area contributed by atoms with E-state index in [0.29, 0.717) is 11.1 Å². The summed E-state index contributed by atoms with van der Waals surface area (Å²) in [5.74, 6) is 0.837. The highest BCUT2D eigenvalue weighted by Gasteiger charge is 2.03. The first kappa shape index (κ1) is 11.4. The van der Waals surface area contributed by atoms with Gasteiger partial charge in [0.25, 0.3) is 0 Å². The molecule has 0 aliphatic heterocycles. The molecule has 5 heteroatoms. The van der Waals surface area contributed by atoms with Crippen LogP contribution in [-0.2, 0) is 6.42 Å². The quantitative estimate of drug-likeness (QED) is 0.865. The number of hydrogen-bond acceptors (Lipinski definition) is 3. The molecule has 0 aromatic carbocycles. The van der Waals surface area contributed by atoms with Crippen molar-refractivity contribution in [3.8, 4) is 0 Å². The third kappa shape index (κ3) is 2.54. The summed E-state index contributed by atoms with van der Waals surface area (Å²) in [7, 11) is 0. The third-order valence-corrected chi connectivity index (χ3v) is 3.69. The Morgan fingerprint density at radius 3 is 2.88 bits per heavy atom. The number of aromatic nitrogens is 3. The first-order valence-corrected chi connectivity index (χ1v) is 6.02. The summed E-state index contributed by atoms with van der Waals surface area (Å²) in [4.78, 5) is 11.8. The second-order valence-electron chi connectivity index (χ2n) is 3.43. The SMILES string of the molecule is Cc1[nH]c(Cc2ccccn2)nc(=S)c1Br. The van der Waals surface area contributed by atoms with Crippen molar-refractivity contribution in [1.82, 2.24) is 15.0 Å². The largest absolute Gasteiger partial charge is 0.346 e. The van der Waals surface area contributed by atoms with Crippen LogP contribution in [0.15, 0.2) is 28.9 Å². The van der Waals surface area contributed by atoms with Crippen LogP contribution < -0.4 is 0 Å². The molecule has 3 nitrogen and oxygen atoms in total. The molecule has 0 unspecified atom stereocenters. The number of nitrogens with one attached hydrogen (secondary N) is 1. The summed E-state index contributed by atoms with van der Waals surface area (Å²) in [5.41, 5.74) is 1.97. The van der Waals surface area contributed by atoms with Gasteiger partial charge in [-0.1, -0.05) is 18.3 Å². The Morgan fingerprint density at radius 2 is 2.25 bits per heavy atom. The molecule has 0 fully saturated rings. The number of aromatic amines is 1. The number of H-pyrrole nitrogens is 1. The predicted octanol–water partition coefficient (Wildman–Crippen LogP) is 3.20. The van der Waals surface area contributed by atoms with Crippen molar-refractivity contribution in [3.05, 3.63) is 50.7 Å². The van der Waals surface area contributed by atoms with Gasteiger partial charge in [-0.3, -0.25) is 4.98 Å². The molecule has 0 atom stereocenters. The van der Waals surface area contributed by atoms with E-state index in [-0.39, 0.29) is 0 Å². The van der Waals surface area contributed by atoms with Gasteiger partial charge in [0.2, 0.25) is 0 Å². The van der Waals surface area contributed by atoms with Crippen molar-refractivity contribution in [2.24, 2.45) is 0 Å². The smallest absolute Gasteiger partial charge is 0.144 e. The van der Waals surface area contributed by atoms with Crippen LogP contribution in [0.25, 0.3) is 0 Å². The van der Waals surface area contributed by atoms with Crippen LogP contribution in [0, 0.1) is 11.6 Å². The summed E-state index contributed by atoms with van der Waals surface area (Å²) in [5, 5.41) is 0. The van der Waals surface area contributed by atoms with Crippen molar-refractivity contribution < 1.29 is 0 Å². The second-order valence-corrected chi connectivity index (χ2v) is 4.61. The zero-order valence-corrected chi connectivity index (χ0v) is 11.1. The van der Waals surface area contributed by atoms with Crippen molar-refractivity contribution >= 4 is 28.1 Å². The predicted molar refractivity (Wildman–Crippen MR) is 68.9 cm³/mol. The molecule has 1 N–H and O–H groups in total. The Kier molecular flexibility index (Phi) is 3.46. The highest BCUT2D eigenvalue weighted by molar-refractivity contribution is 9.10. The minimum atomic E-state index is 0.585. The van der Waals surface area contributed by atoms with Crippen molar-refractivity contribution in [1.29, 1.82) is 0 Å². The van der Waals surface area contributed by atoms with Crippen LogP contribution in [0.4, 0.5) is 0 Å². The van der Waals surface area contributed by atoms with Crippen LogP contribution in [0.1, 0.15) is 17.2 Å². The van der Waals surface area contributed by atoms with Gasteiger partial charge in [-0.25, -0.2) is 4.98 Å². The standard InChI is InChI=1S/C11H10BrN3S/c1-7-10(12)11(16)15-9(14-7)6-8-4-2-3-5-13-8/h2-5H,6H2,1H3,(H,14,15,16). The number of hydrogen-bond donors (Lipinski definition) is 1. The first-order chi connectivity index (χ1) is 7.66. The van der Waals surface area contributed by atoms with Gasteiger partial charge in [0, 0.05) is 24.0 Å². The number of aryl methyl sites for hydroxylation is 1. The van der Waals surface area contributed by atoms with Crippen LogP contribution in [0.3, 0.4) is 0 Å². The Bertz CT molecular complexity index is 551. The fraction of sp³-hybridized carbons (Fsp3) is 0.182. The van der Waals surface area contributed by atoms with Crippen LogP contribution in [-0.4, -0.2) is 15.0 Å². The molecule has 0 amide bonds. The molecule has 2 aromatic rings. The highest BCUT2D eigenvalue weighted by Crippen LogP contribution is 2.15. The Balaban J connectivity index is 2.33. The normalized spacial score (nSPS) is 10.4. The molecule has 0 bridgehead atoms. The minimum absolute atomic E-state index is 0.585. The van der Waals surface area contributed by atoms with Gasteiger partial charge in [-0.15, -0.1) is 0 Å². The molecule has 82 valence electrons. The summed E-state index contributed by atoms with van der Waals surface area (Å²) >= 11 is 8.53. The maximum Gasteiger partial charge on any atom is 0.144 e. The number of pyridine rings is 1. The highest BCUT2D eigenvalue weighted by atomic mass is 79.9. The van der Waals surface area contributed by atoms with Crippen molar-refractivity contribution in [3.63, 3.8) is 0 Å². The molecule has 0 aliphatic carbocycles. The Labute approximate surface area is 107 Å². The number of rotatable bonds is 2. The summed E-state index contributed by atoms with van der Waals surface area (Å²) in [6.45, 7) is 1.96. The zero-order chi connectivity index (χ0) is 11.5. The molecule has 0 aliphatic rings. The van der Waals surface area contributed by atoms with E-state index >= 15 is 0 Å². The maximum absolute atomic E-state index is 5.15. The van der Waals surface area contributed by atoms with Gasteiger partial charge in [-0.2, -0.15) is 0 Å². The molecule has 0 spiro atoms. The Hall–Kier alpha value is -1.07. The van der Waals surface area contributed by atoms with Gasteiger partial charge in [-0.05, 0) is 35.0 Å². The molecule has 0 radical (unpaired) electrons. The van der Waals surface area contributed by atoms with E-state index < -0.39 is 0 Å².